The van der Waals surface area contributed by atoms with Crippen LogP contribution in [-0.2, 0) is 6.54 Å². The van der Waals surface area contributed by atoms with Crippen molar-refractivity contribution in [3.8, 4) is 5.69 Å². The zero-order valence-corrected chi connectivity index (χ0v) is 10.8. The minimum absolute atomic E-state index is 0.211. The predicted octanol–water partition coefficient (Wildman–Crippen LogP) is 1.38. The molecular formula is C12H10ClN3O4. The van der Waals surface area contributed by atoms with Gasteiger partial charge in [0.2, 0.25) is 0 Å². The number of halogens is 1. The summed E-state index contributed by atoms with van der Waals surface area (Å²) in [6, 6.07) is 4.70. The van der Waals surface area contributed by atoms with E-state index in [1.807, 2.05) is 0 Å². The van der Waals surface area contributed by atoms with E-state index < -0.39 is 23.2 Å². The number of aromatic nitrogens is 2. The van der Waals surface area contributed by atoms with E-state index >= 15 is 0 Å². The van der Waals surface area contributed by atoms with Crippen LogP contribution >= 0.6 is 11.6 Å². The molecule has 0 aliphatic rings. The van der Waals surface area contributed by atoms with Gasteiger partial charge in [-0.05, 0) is 23.8 Å². The van der Waals surface area contributed by atoms with Crippen LogP contribution in [0.4, 0.5) is 0 Å². The minimum atomic E-state index is -1.39. The lowest BCUT2D eigenvalue weighted by atomic mass is 10.2. The molecular weight excluding hydrogens is 286 g/mol. The van der Waals surface area contributed by atoms with E-state index in [0.717, 1.165) is 10.9 Å². The molecule has 2 aromatic rings. The zero-order chi connectivity index (χ0) is 14.9. The third-order valence-corrected chi connectivity index (χ3v) is 2.84. The highest BCUT2D eigenvalue weighted by Gasteiger charge is 2.23. The molecule has 0 spiro atoms. The molecule has 4 N–H and O–H groups in total. The second-order valence-corrected chi connectivity index (χ2v) is 4.39. The molecule has 0 unspecified atom stereocenters. The average Bonchev–Trinajstić information content (AvgIpc) is 2.82. The molecule has 0 saturated carbocycles. The quantitative estimate of drug-likeness (QED) is 0.784. The maximum Gasteiger partial charge on any atom is 0.355 e. The zero-order valence-electron chi connectivity index (χ0n) is 10.1. The molecule has 0 aliphatic heterocycles. The Bertz CT molecular complexity index is 696. The van der Waals surface area contributed by atoms with E-state index in [1.54, 1.807) is 12.1 Å². The van der Waals surface area contributed by atoms with E-state index in [1.165, 1.54) is 6.07 Å². The van der Waals surface area contributed by atoms with Crippen LogP contribution < -0.4 is 5.73 Å². The lowest BCUT2D eigenvalue weighted by Crippen LogP contribution is -2.13. The van der Waals surface area contributed by atoms with Gasteiger partial charge in [0, 0.05) is 11.6 Å². The Morgan fingerprint density at radius 2 is 1.95 bits per heavy atom. The summed E-state index contributed by atoms with van der Waals surface area (Å²) < 4.78 is 1.01. The van der Waals surface area contributed by atoms with Crippen molar-refractivity contribution in [2.45, 2.75) is 6.54 Å². The molecule has 20 heavy (non-hydrogen) atoms. The monoisotopic (exact) mass is 295 g/mol. The van der Waals surface area contributed by atoms with Crippen LogP contribution in [0.1, 0.15) is 26.4 Å². The summed E-state index contributed by atoms with van der Waals surface area (Å²) in [6.45, 7) is 0.211. The Balaban J connectivity index is 2.67. The van der Waals surface area contributed by atoms with Crippen LogP contribution in [0.25, 0.3) is 5.69 Å². The summed E-state index contributed by atoms with van der Waals surface area (Å²) >= 11 is 5.92. The fraction of sp³-hybridized carbons (Fsp3) is 0.0833. The number of hydrogen-bond acceptors (Lipinski definition) is 4. The van der Waals surface area contributed by atoms with E-state index in [0.29, 0.717) is 16.3 Å². The van der Waals surface area contributed by atoms with Gasteiger partial charge in [-0.25, -0.2) is 14.3 Å². The molecule has 0 amide bonds. The highest BCUT2D eigenvalue weighted by molar-refractivity contribution is 6.30. The van der Waals surface area contributed by atoms with Crippen molar-refractivity contribution in [2.24, 2.45) is 5.73 Å². The Morgan fingerprint density at radius 3 is 2.50 bits per heavy atom. The van der Waals surface area contributed by atoms with Gasteiger partial charge in [-0.15, -0.1) is 0 Å². The first-order chi connectivity index (χ1) is 9.43. The van der Waals surface area contributed by atoms with Crippen molar-refractivity contribution in [1.29, 1.82) is 0 Å². The molecule has 7 nitrogen and oxygen atoms in total. The summed E-state index contributed by atoms with van der Waals surface area (Å²) in [6.07, 6.45) is 0.981. The number of carboxylic acids is 2. The summed E-state index contributed by atoms with van der Waals surface area (Å²) in [7, 11) is 0. The molecule has 0 atom stereocenters. The summed E-state index contributed by atoms with van der Waals surface area (Å²) in [4.78, 5) is 22.2. The molecule has 0 fully saturated rings. The highest BCUT2D eigenvalue weighted by Crippen LogP contribution is 2.21. The van der Waals surface area contributed by atoms with Gasteiger partial charge in [0.1, 0.15) is 5.56 Å². The van der Waals surface area contributed by atoms with Crippen LogP contribution in [0.15, 0.2) is 24.4 Å². The van der Waals surface area contributed by atoms with Crippen molar-refractivity contribution in [3.63, 3.8) is 0 Å². The molecule has 1 aromatic carbocycles. The largest absolute Gasteiger partial charge is 0.478 e. The molecule has 1 heterocycles. The number of hydrogen-bond donors (Lipinski definition) is 3. The summed E-state index contributed by atoms with van der Waals surface area (Å²) in [5.41, 5.74) is 5.69. The Hall–Kier alpha value is -2.38. The second kappa shape index (κ2) is 5.32. The second-order valence-electron chi connectivity index (χ2n) is 3.95. The van der Waals surface area contributed by atoms with E-state index in [2.05, 4.69) is 5.10 Å². The maximum absolute atomic E-state index is 11.2. The minimum Gasteiger partial charge on any atom is -0.478 e. The predicted molar refractivity (Wildman–Crippen MR) is 70.4 cm³/mol. The van der Waals surface area contributed by atoms with Gasteiger partial charge in [-0.3, -0.25) is 0 Å². The fourth-order valence-corrected chi connectivity index (χ4v) is 2.03. The summed E-state index contributed by atoms with van der Waals surface area (Å²) in [5, 5.41) is 22.3. The molecule has 0 bridgehead atoms. The Morgan fingerprint density at radius 1 is 1.25 bits per heavy atom. The number of carbonyl (C=O) groups is 2. The van der Waals surface area contributed by atoms with Crippen molar-refractivity contribution >= 4 is 23.5 Å². The van der Waals surface area contributed by atoms with Gasteiger partial charge in [0.25, 0.3) is 0 Å². The van der Waals surface area contributed by atoms with E-state index in [4.69, 9.17) is 27.5 Å². The first-order valence-corrected chi connectivity index (χ1v) is 5.86. The summed E-state index contributed by atoms with van der Waals surface area (Å²) in [5.74, 6) is -2.76. The number of benzene rings is 1. The van der Waals surface area contributed by atoms with Crippen LogP contribution in [0.3, 0.4) is 0 Å². The van der Waals surface area contributed by atoms with Gasteiger partial charge in [-0.2, -0.15) is 5.10 Å². The van der Waals surface area contributed by atoms with Crippen LogP contribution in [0.5, 0.6) is 0 Å². The van der Waals surface area contributed by atoms with Gasteiger partial charge in [0.15, 0.2) is 5.69 Å². The number of aromatic carboxylic acids is 2. The number of carboxylic acid groups (broad SMARTS) is 2. The number of nitrogens with zero attached hydrogens (tertiary/aromatic N) is 2. The van der Waals surface area contributed by atoms with Gasteiger partial charge in [-0.1, -0.05) is 11.6 Å². The van der Waals surface area contributed by atoms with Crippen molar-refractivity contribution in [2.75, 3.05) is 0 Å². The number of rotatable bonds is 4. The molecule has 0 saturated heterocycles. The van der Waals surface area contributed by atoms with Crippen LogP contribution in [0.2, 0.25) is 5.02 Å². The highest BCUT2D eigenvalue weighted by atomic mass is 35.5. The van der Waals surface area contributed by atoms with Crippen LogP contribution in [-0.4, -0.2) is 31.9 Å². The Labute approximate surface area is 118 Å². The standard InChI is InChI=1S/C12H10ClN3O4/c13-7-1-6(4-14)2-8(3-7)16-10(12(19)20)9(5-15-16)11(17)18/h1-3,5H,4,14H2,(H,17,18)(H,19,20). The molecule has 2 rings (SSSR count). The first kappa shape index (κ1) is 14.0. The lowest BCUT2D eigenvalue weighted by molar-refractivity contribution is 0.0646. The van der Waals surface area contributed by atoms with Crippen molar-refractivity contribution < 1.29 is 19.8 Å². The third-order valence-electron chi connectivity index (χ3n) is 2.62. The third kappa shape index (κ3) is 2.49. The fourth-order valence-electron chi connectivity index (χ4n) is 1.78. The molecule has 0 aliphatic carbocycles. The van der Waals surface area contributed by atoms with Gasteiger partial charge < -0.3 is 15.9 Å². The smallest absolute Gasteiger partial charge is 0.355 e. The average molecular weight is 296 g/mol. The normalized spacial score (nSPS) is 10.5. The van der Waals surface area contributed by atoms with Crippen LogP contribution in [0, 0.1) is 0 Å². The molecule has 0 radical (unpaired) electrons. The lowest BCUT2D eigenvalue weighted by Gasteiger charge is -2.08. The molecule has 1 aromatic heterocycles. The van der Waals surface area contributed by atoms with Crippen molar-refractivity contribution in [1.82, 2.24) is 9.78 Å². The number of nitrogens with two attached hydrogens (primary N) is 1. The van der Waals surface area contributed by atoms with Gasteiger partial charge >= 0.3 is 11.9 Å². The Kier molecular flexibility index (Phi) is 3.73. The molecule has 8 heteroatoms. The van der Waals surface area contributed by atoms with E-state index in [-0.39, 0.29) is 6.54 Å². The molecule has 104 valence electrons. The first-order valence-electron chi connectivity index (χ1n) is 5.48. The maximum atomic E-state index is 11.2. The van der Waals surface area contributed by atoms with Crippen molar-refractivity contribution in [3.05, 3.63) is 46.2 Å². The topological polar surface area (TPSA) is 118 Å². The van der Waals surface area contributed by atoms with Gasteiger partial charge in [0.05, 0.1) is 11.9 Å². The van der Waals surface area contributed by atoms with E-state index in [9.17, 15) is 9.59 Å². The SMILES string of the molecule is NCc1cc(Cl)cc(-n2ncc(C(=O)O)c2C(=O)O)c1.